The predicted octanol–water partition coefficient (Wildman–Crippen LogP) is 1.39. The summed E-state index contributed by atoms with van der Waals surface area (Å²) in [6.45, 7) is 2.87. The summed E-state index contributed by atoms with van der Waals surface area (Å²) < 4.78 is 5.37. The van der Waals surface area contributed by atoms with Crippen molar-refractivity contribution in [1.29, 1.82) is 0 Å². The number of rotatable bonds is 3. The first-order valence-corrected chi connectivity index (χ1v) is 3.95. The van der Waals surface area contributed by atoms with Crippen molar-refractivity contribution in [3.63, 3.8) is 0 Å². The molecule has 2 atom stereocenters. The van der Waals surface area contributed by atoms with E-state index < -0.39 is 0 Å². The monoisotopic (exact) mass is 142 g/mol. The smallest absolute Gasteiger partial charge is 0.125 e. The lowest BCUT2D eigenvalue weighted by Crippen LogP contribution is -2.19. The van der Waals surface area contributed by atoms with Crippen LogP contribution in [0, 0.1) is 5.92 Å². The molecule has 58 valence electrons. The standard InChI is InChI=1S/C8H14O2/c1-2-7(6-9)8-4-3-5-10-8/h6-8H,2-5H2,1H3. The van der Waals surface area contributed by atoms with E-state index in [1.165, 1.54) is 0 Å². The number of hydrogen-bond donors (Lipinski definition) is 0. The quantitative estimate of drug-likeness (QED) is 0.556. The van der Waals surface area contributed by atoms with Crippen molar-refractivity contribution in [2.45, 2.75) is 32.3 Å². The SMILES string of the molecule is CCC(C=O)C1CCCO1. The van der Waals surface area contributed by atoms with Gasteiger partial charge in [-0.25, -0.2) is 0 Å². The van der Waals surface area contributed by atoms with Crippen molar-refractivity contribution < 1.29 is 9.53 Å². The fourth-order valence-corrected chi connectivity index (χ4v) is 1.39. The third kappa shape index (κ3) is 1.57. The van der Waals surface area contributed by atoms with E-state index in [0.29, 0.717) is 0 Å². The molecule has 2 unspecified atom stereocenters. The van der Waals surface area contributed by atoms with E-state index in [2.05, 4.69) is 0 Å². The first-order chi connectivity index (χ1) is 4.88. The van der Waals surface area contributed by atoms with Gasteiger partial charge >= 0.3 is 0 Å². The molecule has 0 aromatic heterocycles. The Morgan fingerprint density at radius 1 is 1.80 bits per heavy atom. The van der Waals surface area contributed by atoms with Crippen LogP contribution in [0.5, 0.6) is 0 Å². The number of hydrogen-bond acceptors (Lipinski definition) is 2. The van der Waals surface area contributed by atoms with Gasteiger partial charge in [0.25, 0.3) is 0 Å². The van der Waals surface area contributed by atoms with Gasteiger partial charge in [0.1, 0.15) is 6.29 Å². The van der Waals surface area contributed by atoms with Crippen LogP contribution < -0.4 is 0 Å². The van der Waals surface area contributed by atoms with E-state index in [0.717, 1.165) is 32.2 Å². The lowest BCUT2D eigenvalue weighted by atomic mass is 9.99. The van der Waals surface area contributed by atoms with Crippen LogP contribution in [0.2, 0.25) is 0 Å². The van der Waals surface area contributed by atoms with Gasteiger partial charge in [0.15, 0.2) is 0 Å². The molecular weight excluding hydrogens is 128 g/mol. The van der Waals surface area contributed by atoms with Crippen molar-refractivity contribution in [2.75, 3.05) is 6.61 Å². The highest BCUT2D eigenvalue weighted by Crippen LogP contribution is 2.20. The summed E-state index contributed by atoms with van der Waals surface area (Å²) in [5.74, 6) is 0.141. The van der Waals surface area contributed by atoms with Crippen LogP contribution in [0.1, 0.15) is 26.2 Å². The predicted molar refractivity (Wildman–Crippen MR) is 38.8 cm³/mol. The van der Waals surface area contributed by atoms with Crippen molar-refractivity contribution >= 4 is 6.29 Å². The maximum atomic E-state index is 10.4. The number of carbonyl (C=O) groups is 1. The van der Waals surface area contributed by atoms with Crippen LogP contribution in [0.25, 0.3) is 0 Å². The zero-order valence-electron chi connectivity index (χ0n) is 6.38. The lowest BCUT2D eigenvalue weighted by molar-refractivity contribution is -0.114. The summed E-state index contributed by atoms with van der Waals surface area (Å²) in [6, 6.07) is 0. The largest absolute Gasteiger partial charge is 0.377 e. The Labute approximate surface area is 61.6 Å². The van der Waals surface area contributed by atoms with Crippen molar-refractivity contribution in [1.82, 2.24) is 0 Å². The molecule has 0 amide bonds. The van der Waals surface area contributed by atoms with Gasteiger partial charge in [0.05, 0.1) is 6.10 Å². The van der Waals surface area contributed by atoms with Crippen LogP contribution in [-0.4, -0.2) is 19.0 Å². The van der Waals surface area contributed by atoms with Crippen LogP contribution in [0.3, 0.4) is 0 Å². The van der Waals surface area contributed by atoms with Gasteiger partial charge < -0.3 is 9.53 Å². The minimum atomic E-state index is 0.141. The maximum Gasteiger partial charge on any atom is 0.125 e. The summed E-state index contributed by atoms with van der Waals surface area (Å²) in [5, 5.41) is 0. The summed E-state index contributed by atoms with van der Waals surface area (Å²) in [5.41, 5.74) is 0. The fourth-order valence-electron chi connectivity index (χ4n) is 1.39. The average molecular weight is 142 g/mol. The van der Waals surface area contributed by atoms with Gasteiger partial charge in [-0.1, -0.05) is 6.92 Å². The van der Waals surface area contributed by atoms with E-state index in [4.69, 9.17) is 4.74 Å². The minimum absolute atomic E-state index is 0.141. The third-order valence-electron chi connectivity index (χ3n) is 2.09. The highest BCUT2D eigenvalue weighted by molar-refractivity contribution is 5.54. The average Bonchev–Trinajstić information content (AvgIpc) is 2.43. The molecule has 1 aliphatic rings. The molecule has 2 heteroatoms. The van der Waals surface area contributed by atoms with Crippen molar-refractivity contribution in [2.24, 2.45) is 5.92 Å². The molecular formula is C8H14O2. The van der Waals surface area contributed by atoms with Gasteiger partial charge in [-0.3, -0.25) is 0 Å². The molecule has 0 aromatic carbocycles. The highest BCUT2D eigenvalue weighted by atomic mass is 16.5. The van der Waals surface area contributed by atoms with Gasteiger partial charge in [-0.2, -0.15) is 0 Å². The van der Waals surface area contributed by atoms with Crippen LogP contribution >= 0.6 is 0 Å². The van der Waals surface area contributed by atoms with Gasteiger partial charge in [0, 0.05) is 12.5 Å². The number of carbonyl (C=O) groups excluding carboxylic acids is 1. The third-order valence-corrected chi connectivity index (χ3v) is 2.09. The molecule has 10 heavy (non-hydrogen) atoms. The first-order valence-electron chi connectivity index (χ1n) is 3.95. The molecule has 0 spiro atoms. The van der Waals surface area contributed by atoms with Gasteiger partial charge in [-0.05, 0) is 19.3 Å². The Morgan fingerprint density at radius 3 is 3.00 bits per heavy atom. The molecule has 1 fully saturated rings. The number of aldehydes is 1. The lowest BCUT2D eigenvalue weighted by Gasteiger charge is -2.14. The van der Waals surface area contributed by atoms with Crippen LogP contribution in [0.15, 0.2) is 0 Å². The van der Waals surface area contributed by atoms with Crippen molar-refractivity contribution in [3.05, 3.63) is 0 Å². The Kier molecular flexibility index (Phi) is 2.87. The first kappa shape index (κ1) is 7.73. The van der Waals surface area contributed by atoms with E-state index in [1.807, 2.05) is 6.92 Å². The van der Waals surface area contributed by atoms with Crippen LogP contribution in [0.4, 0.5) is 0 Å². The molecule has 0 aliphatic carbocycles. The minimum Gasteiger partial charge on any atom is -0.377 e. The number of ether oxygens (including phenoxy) is 1. The second kappa shape index (κ2) is 3.71. The Hall–Kier alpha value is -0.370. The summed E-state index contributed by atoms with van der Waals surface area (Å²) in [6.07, 6.45) is 4.35. The summed E-state index contributed by atoms with van der Waals surface area (Å²) in [4.78, 5) is 10.4. The molecule has 1 heterocycles. The molecule has 1 saturated heterocycles. The highest BCUT2D eigenvalue weighted by Gasteiger charge is 2.23. The molecule has 1 rings (SSSR count). The molecule has 1 aliphatic heterocycles. The summed E-state index contributed by atoms with van der Waals surface area (Å²) in [7, 11) is 0. The van der Waals surface area contributed by atoms with Gasteiger partial charge in [0.2, 0.25) is 0 Å². The maximum absolute atomic E-state index is 10.4. The van der Waals surface area contributed by atoms with Gasteiger partial charge in [-0.15, -0.1) is 0 Å². The van der Waals surface area contributed by atoms with E-state index >= 15 is 0 Å². The van der Waals surface area contributed by atoms with E-state index in [-0.39, 0.29) is 12.0 Å². The second-order valence-corrected chi connectivity index (χ2v) is 2.76. The van der Waals surface area contributed by atoms with E-state index in [9.17, 15) is 4.79 Å². The molecule has 0 saturated carbocycles. The Morgan fingerprint density at radius 2 is 2.60 bits per heavy atom. The molecule has 0 radical (unpaired) electrons. The Bertz CT molecular complexity index is 106. The normalized spacial score (nSPS) is 28.3. The fraction of sp³-hybridized carbons (Fsp3) is 0.875. The molecule has 2 nitrogen and oxygen atoms in total. The summed E-state index contributed by atoms with van der Waals surface area (Å²) >= 11 is 0. The van der Waals surface area contributed by atoms with Crippen LogP contribution in [-0.2, 0) is 9.53 Å². The molecule has 0 aromatic rings. The van der Waals surface area contributed by atoms with E-state index in [1.54, 1.807) is 0 Å². The zero-order chi connectivity index (χ0) is 7.40. The second-order valence-electron chi connectivity index (χ2n) is 2.76. The Balaban J connectivity index is 2.36. The van der Waals surface area contributed by atoms with Crippen molar-refractivity contribution in [3.8, 4) is 0 Å². The zero-order valence-corrected chi connectivity index (χ0v) is 6.38. The topological polar surface area (TPSA) is 26.3 Å². The molecule has 0 N–H and O–H groups in total. The molecule has 0 bridgehead atoms.